The predicted molar refractivity (Wildman–Crippen MR) is 96.6 cm³/mol. The second-order valence-electron chi connectivity index (χ2n) is 5.95. The van der Waals surface area contributed by atoms with Crippen molar-refractivity contribution < 1.29 is 14.2 Å². The summed E-state index contributed by atoms with van der Waals surface area (Å²) in [7, 11) is 1.51. The highest BCUT2D eigenvalue weighted by molar-refractivity contribution is 5.89. The summed E-state index contributed by atoms with van der Waals surface area (Å²) < 4.78 is 18.6. The van der Waals surface area contributed by atoms with E-state index in [-0.39, 0.29) is 17.4 Å². The molecule has 0 aliphatic rings. The van der Waals surface area contributed by atoms with Gasteiger partial charge in [-0.3, -0.25) is 4.79 Å². The molecule has 24 heavy (non-hydrogen) atoms. The lowest BCUT2D eigenvalue weighted by Gasteiger charge is -2.18. The Balaban J connectivity index is 2.75. The van der Waals surface area contributed by atoms with Gasteiger partial charge in [0, 0.05) is 18.0 Å². The highest BCUT2D eigenvalue weighted by Crippen LogP contribution is 2.34. The van der Waals surface area contributed by atoms with E-state index in [1.807, 2.05) is 39.0 Å². The minimum absolute atomic E-state index is 0.0721. The molecule has 0 unspecified atom stereocenters. The van der Waals surface area contributed by atoms with Gasteiger partial charge in [0.25, 0.3) is 5.56 Å². The zero-order valence-corrected chi connectivity index (χ0v) is 15.2. The molecule has 0 saturated carbocycles. The summed E-state index contributed by atoms with van der Waals surface area (Å²) in [6, 6.07) is 5.75. The van der Waals surface area contributed by atoms with Gasteiger partial charge in [0.2, 0.25) is 5.75 Å². The van der Waals surface area contributed by atoms with Crippen LogP contribution in [0.5, 0.6) is 17.2 Å². The van der Waals surface area contributed by atoms with E-state index in [0.717, 1.165) is 29.5 Å². The van der Waals surface area contributed by atoms with Crippen LogP contribution in [0.1, 0.15) is 40.5 Å². The smallest absolute Gasteiger partial charge is 0.297 e. The highest BCUT2D eigenvalue weighted by Gasteiger charge is 2.19. The number of methoxy groups -OCH3 is 1. The van der Waals surface area contributed by atoms with Crippen LogP contribution in [0.2, 0.25) is 0 Å². The molecule has 132 valence electrons. The molecule has 0 aliphatic heterocycles. The second kappa shape index (κ2) is 8.08. The van der Waals surface area contributed by atoms with Crippen molar-refractivity contribution in [2.24, 2.45) is 0 Å². The van der Waals surface area contributed by atoms with Crippen LogP contribution in [0.4, 0.5) is 0 Å². The molecule has 0 fully saturated rings. The van der Waals surface area contributed by atoms with E-state index in [9.17, 15) is 4.79 Å². The Morgan fingerprint density at radius 3 is 2.50 bits per heavy atom. The third-order valence-electron chi connectivity index (χ3n) is 3.75. The molecule has 5 nitrogen and oxygen atoms in total. The van der Waals surface area contributed by atoms with E-state index >= 15 is 0 Å². The summed E-state index contributed by atoms with van der Waals surface area (Å²) >= 11 is 0. The van der Waals surface area contributed by atoms with Crippen LogP contribution in [-0.2, 0) is 6.54 Å². The Morgan fingerprint density at radius 2 is 1.92 bits per heavy atom. The Bertz CT molecular complexity index is 749. The van der Waals surface area contributed by atoms with Crippen LogP contribution in [-0.4, -0.2) is 24.4 Å². The van der Waals surface area contributed by atoms with E-state index in [1.165, 1.54) is 7.11 Å². The first-order valence-electron chi connectivity index (χ1n) is 8.57. The maximum atomic E-state index is 12.9. The fourth-order valence-corrected chi connectivity index (χ4v) is 2.73. The number of benzene rings is 1. The number of aryl methyl sites for hydroxylation is 1. The minimum atomic E-state index is -0.163. The third kappa shape index (κ3) is 3.66. The van der Waals surface area contributed by atoms with Crippen molar-refractivity contribution in [1.82, 2.24) is 4.57 Å². The second-order valence-corrected chi connectivity index (χ2v) is 5.95. The molecule has 0 aliphatic carbocycles. The molecule has 0 radical (unpaired) electrons. The fraction of sp³-hybridized carbons (Fsp3) is 0.526. The molecular formula is C19H27NO4. The van der Waals surface area contributed by atoms with Crippen molar-refractivity contribution in [3.8, 4) is 17.2 Å². The van der Waals surface area contributed by atoms with Crippen molar-refractivity contribution in [2.45, 2.75) is 53.2 Å². The number of fused-ring (bicyclic) bond motifs is 1. The van der Waals surface area contributed by atoms with Crippen LogP contribution in [0.25, 0.3) is 10.9 Å². The molecule has 0 amide bonds. The Hall–Kier alpha value is -2.17. The Labute approximate surface area is 143 Å². The summed E-state index contributed by atoms with van der Waals surface area (Å²) in [5.41, 5.74) is 0.652. The molecular weight excluding hydrogens is 306 g/mol. The minimum Gasteiger partial charge on any atom is -0.491 e. The molecule has 0 atom stereocenters. The lowest BCUT2D eigenvalue weighted by atomic mass is 10.1. The number of rotatable bonds is 8. The average Bonchev–Trinajstić information content (AvgIpc) is 2.54. The van der Waals surface area contributed by atoms with Gasteiger partial charge in [-0.2, -0.15) is 0 Å². The van der Waals surface area contributed by atoms with Crippen molar-refractivity contribution in [1.29, 1.82) is 0 Å². The monoisotopic (exact) mass is 333 g/mol. The predicted octanol–water partition coefficient (Wildman–Crippen LogP) is 4.00. The van der Waals surface area contributed by atoms with Gasteiger partial charge in [0.05, 0.1) is 25.3 Å². The molecule has 0 bridgehead atoms. The highest BCUT2D eigenvalue weighted by atomic mass is 16.5. The quantitative estimate of drug-likeness (QED) is 0.733. The summed E-state index contributed by atoms with van der Waals surface area (Å²) in [6.07, 6.45) is 2.00. The van der Waals surface area contributed by atoms with E-state index in [4.69, 9.17) is 14.2 Å². The number of hydrogen-bond donors (Lipinski definition) is 0. The van der Waals surface area contributed by atoms with Crippen LogP contribution >= 0.6 is 0 Å². The molecule has 1 aromatic heterocycles. The SMILES string of the molecule is CCCCn1c(=O)c(OC)c(OCC)c2ccc(OC(C)C)cc21. The van der Waals surface area contributed by atoms with Crippen molar-refractivity contribution in [3.63, 3.8) is 0 Å². The third-order valence-corrected chi connectivity index (χ3v) is 3.75. The molecule has 1 aromatic carbocycles. The normalized spacial score (nSPS) is 11.1. The van der Waals surface area contributed by atoms with Gasteiger partial charge in [-0.1, -0.05) is 13.3 Å². The first kappa shape index (κ1) is 18.2. The summed E-state index contributed by atoms with van der Waals surface area (Å²) in [5.74, 6) is 1.51. The van der Waals surface area contributed by atoms with E-state index < -0.39 is 0 Å². The molecule has 0 saturated heterocycles. The van der Waals surface area contributed by atoms with Gasteiger partial charge >= 0.3 is 0 Å². The maximum Gasteiger partial charge on any atom is 0.297 e. The van der Waals surface area contributed by atoms with Gasteiger partial charge in [-0.05, 0) is 39.3 Å². The van der Waals surface area contributed by atoms with Crippen LogP contribution in [0.3, 0.4) is 0 Å². The lowest BCUT2D eigenvalue weighted by Crippen LogP contribution is -2.23. The summed E-state index contributed by atoms with van der Waals surface area (Å²) in [5, 5.41) is 0.862. The first-order valence-corrected chi connectivity index (χ1v) is 8.57. The molecule has 2 rings (SSSR count). The van der Waals surface area contributed by atoms with Gasteiger partial charge in [0.1, 0.15) is 5.75 Å². The van der Waals surface area contributed by atoms with Crippen molar-refractivity contribution >= 4 is 10.9 Å². The largest absolute Gasteiger partial charge is 0.491 e. The van der Waals surface area contributed by atoms with Crippen molar-refractivity contribution in [2.75, 3.05) is 13.7 Å². The lowest BCUT2D eigenvalue weighted by molar-refractivity contribution is 0.242. The maximum absolute atomic E-state index is 12.9. The number of aromatic nitrogens is 1. The topological polar surface area (TPSA) is 49.7 Å². The zero-order valence-electron chi connectivity index (χ0n) is 15.2. The number of nitrogens with zero attached hydrogens (tertiary/aromatic N) is 1. The number of unbranched alkanes of at least 4 members (excludes halogenated alkanes) is 1. The van der Waals surface area contributed by atoms with Gasteiger partial charge in [0.15, 0.2) is 5.75 Å². The van der Waals surface area contributed by atoms with Crippen LogP contribution in [0.15, 0.2) is 23.0 Å². The first-order chi connectivity index (χ1) is 11.5. The summed E-state index contributed by atoms with van der Waals surface area (Å²) in [6.45, 7) is 9.06. The standard InChI is InChI=1S/C19H27NO4/c1-6-8-11-20-16-12-14(24-13(3)4)9-10-15(16)17(23-7-2)18(22-5)19(20)21/h9-10,12-13H,6-8,11H2,1-5H3. The molecule has 0 N–H and O–H groups in total. The number of ether oxygens (including phenoxy) is 3. The van der Waals surface area contributed by atoms with E-state index in [2.05, 4.69) is 6.92 Å². The number of hydrogen-bond acceptors (Lipinski definition) is 4. The number of pyridine rings is 1. The summed E-state index contributed by atoms with van der Waals surface area (Å²) in [4.78, 5) is 12.9. The Morgan fingerprint density at radius 1 is 1.17 bits per heavy atom. The average molecular weight is 333 g/mol. The van der Waals surface area contributed by atoms with Gasteiger partial charge < -0.3 is 18.8 Å². The van der Waals surface area contributed by atoms with E-state index in [1.54, 1.807) is 4.57 Å². The molecule has 0 spiro atoms. The molecule has 5 heteroatoms. The molecule has 2 aromatic rings. The molecule has 1 heterocycles. The Kier molecular flexibility index (Phi) is 6.12. The zero-order chi connectivity index (χ0) is 17.7. The van der Waals surface area contributed by atoms with Crippen LogP contribution < -0.4 is 19.8 Å². The van der Waals surface area contributed by atoms with Gasteiger partial charge in [-0.25, -0.2) is 0 Å². The fourth-order valence-electron chi connectivity index (χ4n) is 2.73. The van der Waals surface area contributed by atoms with E-state index in [0.29, 0.717) is 18.9 Å². The van der Waals surface area contributed by atoms with Crippen molar-refractivity contribution in [3.05, 3.63) is 28.6 Å². The van der Waals surface area contributed by atoms with Crippen LogP contribution in [0, 0.1) is 0 Å². The van der Waals surface area contributed by atoms with Gasteiger partial charge in [-0.15, -0.1) is 0 Å².